The number of aryl methyl sites for hydroxylation is 1. The van der Waals surface area contributed by atoms with Crippen molar-refractivity contribution in [2.75, 3.05) is 0 Å². The van der Waals surface area contributed by atoms with Crippen LogP contribution < -0.4 is 0 Å². The van der Waals surface area contributed by atoms with Gasteiger partial charge >= 0.3 is 0 Å². The van der Waals surface area contributed by atoms with E-state index in [1.807, 2.05) is 0 Å². The van der Waals surface area contributed by atoms with Gasteiger partial charge in [-0.25, -0.2) is 0 Å². The minimum Gasteiger partial charge on any atom is -0.330 e. The Labute approximate surface area is 123 Å². The number of hydrogen-bond acceptors (Lipinski definition) is 1. The molecule has 0 radical (unpaired) electrons. The number of rotatable bonds is 2. The van der Waals surface area contributed by atoms with E-state index >= 15 is 0 Å². The van der Waals surface area contributed by atoms with E-state index in [1.165, 1.54) is 28.6 Å². The predicted octanol–water partition coefficient (Wildman–Crippen LogP) is 4.74. The summed E-state index contributed by atoms with van der Waals surface area (Å²) in [5, 5.41) is 0. The first-order valence-electron chi connectivity index (χ1n) is 7.00. The van der Waals surface area contributed by atoms with Gasteiger partial charge in [0.2, 0.25) is 0 Å². The minimum atomic E-state index is 0.500. The van der Waals surface area contributed by atoms with Gasteiger partial charge in [-0.2, -0.15) is 0 Å². The molecule has 2 unspecified atom stereocenters. The zero-order valence-corrected chi connectivity index (χ0v) is 12.2. The zero-order chi connectivity index (χ0) is 13.7. The van der Waals surface area contributed by atoms with Crippen LogP contribution in [0.15, 0.2) is 48.5 Å². The molecule has 2 nitrogen and oxygen atoms in total. The number of hydrogen-bond donors (Lipinski definition) is 1. The van der Waals surface area contributed by atoms with Gasteiger partial charge in [0.1, 0.15) is 0 Å². The number of aromatic nitrogens is 2. The third kappa shape index (κ3) is 1.74. The van der Waals surface area contributed by atoms with Crippen LogP contribution in [0.25, 0.3) is 11.0 Å². The van der Waals surface area contributed by atoms with Gasteiger partial charge in [0.05, 0.1) is 11.0 Å². The van der Waals surface area contributed by atoms with Crippen molar-refractivity contribution in [2.24, 2.45) is 0 Å². The molecule has 2 aromatic carbocycles. The third-order valence-corrected chi connectivity index (χ3v) is 4.58. The smallest absolute Gasteiger partial charge is 0.178 e. The molecule has 4 rings (SSSR count). The average Bonchev–Trinajstić information content (AvgIpc) is 3.17. The van der Waals surface area contributed by atoms with Gasteiger partial charge in [-0.1, -0.05) is 42.5 Å². The zero-order valence-electron chi connectivity index (χ0n) is 11.3. The highest BCUT2D eigenvalue weighted by Crippen LogP contribution is 2.52. The van der Waals surface area contributed by atoms with Gasteiger partial charge < -0.3 is 9.55 Å². The van der Waals surface area contributed by atoms with Crippen LogP contribution in [-0.2, 0) is 0 Å². The SMILES string of the molecule is Cc1cccc2c1[nH]c(=S)n2C1CC1c1ccccc1. The monoisotopic (exact) mass is 280 g/mol. The molecule has 100 valence electrons. The second-order valence-electron chi connectivity index (χ2n) is 5.59. The lowest BCUT2D eigenvalue weighted by molar-refractivity contribution is 0.728. The Morgan fingerprint density at radius 1 is 1.10 bits per heavy atom. The first-order valence-corrected chi connectivity index (χ1v) is 7.41. The molecule has 1 fully saturated rings. The van der Waals surface area contributed by atoms with Crippen molar-refractivity contribution < 1.29 is 0 Å². The number of para-hydroxylation sites is 1. The standard InChI is InChI=1S/C17H16N2S/c1-11-6-5-9-14-16(11)18-17(20)19(14)15-10-13(15)12-7-3-2-4-8-12/h2-9,13,15H,10H2,1H3,(H,18,20). The molecular weight excluding hydrogens is 264 g/mol. The molecule has 3 aromatic rings. The lowest BCUT2D eigenvalue weighted by Crippen LogP contribution is -1.96. The Hall–Kier alpha value is -1.87. The van der Waals surface area contributed by atoms with E-state index < -0.39 is 0 Å². The van der Waals surface area contributed by atoms with Crippen molar-refractivity contribution in [1.82, 2.24) is 9.55 Å². The summed E-state index contributed by atoms with van der Waals surface area (Å²) in [6.45, 7) is 2.12. The fraction of sp³-hybridized carbons (Fsp3) is 0.235. The summed E-state index contributed by atoms with van der Waals surface area (Å²) in [6, 6.07) is 17.6. The Morgan fingerprint density at radius 3 is 2.70 bits per heavy atom. The summed E-state index contributed by atoms with van der Waals surface area (Å²) in [5.41, 5.74) is 5.08. The molecule has 1 N–H and O–H groups in total. The highest BCUT2D eigenvalue weighted by atomic mass is 32.1. The summed E-state index contributed by atoms with van der Waals surface area (Å²) in [6.07, 6.45) is 1.18. The molecule has 0 amide bonds. The van der Waals surface area contributed by atoms with E-state index in [4.69, 9.17) is 12.2 Å². The van der Waals surface area contributed by atoms with Gasteiger partial charge in [0, 0.05) is 12.0 Å². The molecule has 0 saturated heterocycles. The molecule has 1 aliphatic rings. The quantitative estimate of drug-likeness (QED) is 0.673. The molecule has 0 spiro atoms. The van der Waals surface area contributed by atoms with E-state index in [1.54, 1.807) is 0 Å². The maximum absolute atomic E-state index is 5.54. The molecule has 20 heavy (non-hydrogen) atoms. The first kappa shape index (κ1) is 11.9. The number of benzene rings is 2. The van der Waals surface area contributed by atoms with E-state index in [0.717, 1.165) is 4.77 Å². The number of nitrogens with one attached hydrogen (secondary N) is 1. The van der Waals surface area contributed by atoms with Crippen LogP contribution in [0.5, 0.6) is 0 Å². The first-order chi connectivity index (χ1) is 9.75. The highest BCUT2D eigenvalue weighted by Gasteiger charge is 2.40. The Morgan fingerprint density at radius 2 is 1.90 bits per heavy atom. The fourth-order valence-electron chi connectivity index (χ4n) is 3.15. The van der Waals surface area contributed by atoms with Crippen LogP contribution in [0.2, 0.25) is 0 Å². The predicted molar refractivity (Wildman–Crippen MR) is 84.7 cm³/mol. The second-order valence-corrected chi connectivity index (χ2v) is 5.98. The molecule has 2 atom stereocenters. The van der Waals surface area contributed by atoms with Crippen LogP contribution in [0.4, 0.5) is 0 Å². The van der Waals surface area contributed by atoms with Crippen LogP contribution in [-0.4, -0.2) is 9.55 Å². The molecule has 1 heterocycles. The van der Waals surface area contributed by atoms with Crippen LogP contribution in [0.3, 0.4) is 0 Å². The molecule has 1 aliphatic carbocycles. The number of nitrogens with zero attached hydrogens (tertiary/aromatic N) is 1. The maximum atomic E-state index is 5.54. The number of imidazole rings is 1. The summed E-state index contributed by atoms with van der Waals surface area (Å²) in [5.74, 6) is 0.599. The Kier molecular flexibility index (Phi) is 2.57. The Balaban J connectivity index is 1.80. The average molecular weight is 280 g/mol. The molecule has 0 aliphatic heterocycles. The van der Waals surface area contributed by atoms with Gasteiger partial charge in [0.25, 0.3) is 0 Å². The molecule has 3 heteroatoms. The molecular formula is C17H16N2S. The number of H-pyrrole nitrogens is 1. The summed E-state index contributed by atoms with van der Waals surface area (Å²) < 4.78 is 3.15. The lowest BCUT2D eigenvalue weighted by atomic mass is 10.1. The van der Waals surface area contributed by atoms with Crippen LogP contribution in [0, 0.1) is 11.7 Å². The van der Waals surface area contributed by atoms with Gasteiger partial charge in [-0.15, -0.1) is 0 Å². The fourth-order valence-corrected chi connectivity index (χ4v) is 3.48. The van der Waals surface area contributed by atoms with Crippen molar-refractivity contribution in [3.8, 4) is 0 Å². The van der Waals surface area contributed by atoms with Crippen molar-refractivity contribution in [3.05, 3.63) is 64.4 Å². The minimum absolute atomic E-state index is 0.500. The van der Waals surface area contributed by atoms with Crippen LogP contribution in [0.1, 0.15) is 29.5 Å². The van der Waals surface area contributed by atoms with Gasteiger partial charge in [0.15, 0.2) is 4.77 Å². The second kappa shape index (κ2) is 4.32. The topological polar surface area (TPSA) is 20.7 Å². The summed E-state index contributed by atoms with van der Waals surface area (Å²) >= 11 is 5.54. The van der Waals surface area contributed by atoms with E-state index in [0.29, 0.717) is 12.0 Å². The highest BCUT2D eigenvalue weighted by molar-refractivity contribution is 7.71. The lowest BCUT2D eigenvalue weighted by Gasteiger charge is -2.05. The van der Waals surface area contributed by atoms with E-state index in [9.17, 15) is 0 Å². The van der Waals surface area contributed by atoms with Crippen molar-refractivity contribution in [3.63, 3.8) is 0 Å². The van der Waals surface area contributed by atoms with Gasteiger partial charge in [-0.05, 0) is 42.8 Å². The number of aromatic amines is 1. The summed E-state index contributed by atoms with van der Waals surface area (Å²) in [4.78, 5) is 3.37. The van der Waals surface area contributed by atoms with Gasteiger partial charge in [-0.3, -0.25) is 0 Å². The maximum Gasteiger partial charge on any atom is 0.178 e. The van der Waals surface area contributed by atoms with Crippen molar-refractivity contribution in [2.45, 2.75) is 25.3 Å². The van der Waals surface area contributed by atoms with Crippen molar-refractivity contribution >= 4 is 23.3 Å². The Bertz CT molecular complexity index is 829. The number of fused-ring (bicyclic) bond motifs is 1. The summed E-state index contributed by atoms with van der Waals surface area (Å²) in [7, 11) is 0. The molecule has 0 bridgehead atoms. The van der Waals surface area contributed by atoms with Crippen LogP contribution >= 0.6 is 12.2 Å². The normalized spacial score (nSPS) is 21.2. The van der Waals surface area contributed by atoms with E-state index in [2.05, 4.69) is 65.0 Å². The van der Waals surface area contributed by atoms with E-state index in [-0.39, 0.29) is 0 Å². The third-order valence-electron chi connectivity index (χ3n) is 4.28. The largest absolute Gasteiger partial charge is 0.330 e. The molecule has 1 aromatic heterocycles. The molecule has 1 saturated carbocycles. The van der Waals surface area contributed by atoms with Crippen molar-refractivity contribution in [1.29, 1.82) is 0 Å².